The fraction of sp³-hybridized carbons (Fsp3) is 0.353. The van der Waals surface area contributed by atoms with Gasteiger partial charge in [-0.25, -0.2) is 4.98 Å². The molecule has 1 heterocycles. The molecule has 1 aliphatic rings. The van der Waals surface area contributed by atoms with Crippen molar-refractivity contribution in [2.24, 2.45) is 0 Å². The Kier molecular flexibility index (Phi) is 4.04. The summed E-state index contributed by atoms with van der Waals surface area (Å²) in [5, 5.41) is 0. The van der Waals surface area contributed by atoms with Crippen LogP contribution in [0.2, 0.25) is 0 Å². The number of aromatic nitrogens is 2. The van der Waals surface area contributed by atoms with Crippen LogP contribution in [-0.4, -0.2) is 28.4 Å². The van der Waals surface area contributed by atoms with Crippen molar-refractivity contribution < 1.29 is 14.3 Å². The monoisotopic (exact) mass is 298 g/mol. The number of fused-ring (bicyclic) bond motifs is 1. The van der Waals surface area contributed by atoms with Gasteiger partial charge in [-0.1, -0.05) is 0 Å². The molecule has 5 nitrogen and oxygen atoms in total. The Hall–Kier alpha value is -2.43. The molecule has 114 valence electrons. The van der Waals surface area contributed by atoms with E-state index in [1.165, 1.54) is 31.3 Å². The molecule has 0 saturated heterocycles. The number of imidazole rings is 1. The van der Waals surface area contributed by atoms with Crippen LogP contribution in [-0.2, 0) is 22.4 Å². The molecule has 0 amide bonds. The molecule has 3 rings (SSSR count). The zero-order valence-electron chi connectivity index (χ0n) is 12.5. The first-order valence-electron chi connectivity index (χ1n) is 7.44. The molecule has 0 bridgehead atoms. The number of esters is 1. The van der Waals surface area contributed by atoms with E-state index in [1.54, 1.807) is 12.1 Å². The molecule has 2 aromatic rings. The molecule has 5 heteroatoms. The van der Waals surface area contributed by atoms with Gasteiger partial charge in [0.2, 0.25) is 0 Å². The second-order valence-electron chi connectivity index (χ2n) is 5.44. The predicted molar refractivity (Wildman–Crippen MR) is 81.2 cm³/mol. The third-order valence-corrected chi connectivity index (χ3v) is 4.03. The van der Waals surface area contributed by atoms with Crippen LogP contribution in [0.15, 0.2) is 30.6 Å². The minimum atomic E-state index is -0.516. The van der Waals surface area contributed by atoms with Gasteiger partial charge in [0, 0.05) is 16.9 Å². The van der Waals surface area contributed by atoms with Crippen molar-refractivity contribution in [1.82, 2.24) is 9.55 Å². The summed E-state index contributed by atoms with van der Waals surface area (Å²) in [7, 11) is 1.28. The number of ketones is 1. The van der Waals surface area contributed by atoms with Crippen molar-refractivity contribution in [3.63, 3.8) is 0 Å². The van der Waals surface area contributed by atoms with Gasteiger partial charge in [-0.3, -0.25) is 9.59 Å². The lowest BCUT2D eigenvalue weighted by molar-refractivity contribution is -0.139. The van der Waals surface area contributed by atoms with Gasteiger partial charge >= 0.3 is 5.97 Å². The van der Waals surface area contributed by atoms with Crippen LogP contribution in [0.5, 0.6) is 0 Å². The smallest absolute Gasteiger partial charge is 0.313 e. The van der Waals surface area contributed by atoms with Gasteiger partial charge in [-0.15, -0.1) is 0 Å². The summed E-state index contributed by atoms with van der Waals surface area (Å²) < 4.78 is 6.60. The van der Waals surface area contributed by atoms with E-state index in [4.69, 9.17) is 0 Å². The van der Waals surface area contributed by atoms with Gasteiger partial charge in [0.15, 0.2) is 5.78 Å². The first-order valence-corrected chi connectivity index (χ1v) is 7.44. The van der Waals surface area contributed by atoms with Crippen LogP contribution < -0.4 is 0 Å². The molecule has 1 aliphatic carbocycles. The van der Waals surface area contributed by atoms with Crippen LogP contribution >= 0.6 is 0 Å². The summed E-state index contributed by atoms with van der Waals surface area (Å²) in [5.41, 5.74) is 3.95. The average molecular weight is 298 g/mol. The molecule has 0 atom stereocenters. The highest BCUT2D eigenvalue weighted by atomic mass is 16.5. The van der Waals surface area contributed by atoms with Gasteiger partial charge in [0.1, 0.15) is 6.42 Å². The highest BCUT2D eigenvalue weighted by molar-refractivity contribution is 6.05. The highest BCUT2D eigenvalue weighted by Crippen LogP contribution is 2.23. The molecule has 0 fully saturated rings. The standard InChI is InChI=1S/C17H18N2O3/c1-22-17(21)10-16(20)12-6-8-13(9-7-12)19-11-18-14-4-2-3-5-15(14)19/h6-9,11H,2-5,10H2,1H3. The Labute approximate surface area is 128 Å². The van der Waals surface area contributed by atoms with Crippen molar-refractivity contribution in [2.75, 3.05) is 7.11 Å². The molecule has 1 aromatic carbocycles. The fourth-order valence-electron chi connectivity index (χ4n) is 2.80. The van der Waals surface area contributed by atoms with Crippen molar-refractivity contribution in [2.45, 2.75) is 32.1 Å². The Morgan fingerprint density at radius 2 is 1.91 bits per heavy atom. The van der Waals surface area contributed by atoms with Crippen LogP contribution in [0.4, 0.5) is 0 Å². The summed E-state index contributed by atoms with van der Waals surface area (Å²) in [6.07, 6.45) is 6.09. The first-order chi connectivity index (χ1) is 10.7. The molecular weight excluding hydrogens is 280 g/mol. The van der Waals surface area contributed by atoms with E-state index in [2.05, 4.69) is 14.3 Å². The van der Waals surface area contributed by atoms with Crippen LogP contribution in [0.25, 0.3) is 5.69 Å². The molecular formula is C17H18N2O3. The lowest BCUT2D eigenvalue weighted by atomic mass is 10.0. The Morgan fingerprint density at radius 1 is 1.18 bits per heavy atom. The SMILES string of the molecule is COC(=O)CC(=O)c1ccc(-n2cnc3c2CCCC3)cc1. The van der Waals surface area contributed by atoms with Gasteiger partial charge < -0.3 is 9.30 Å². The summed E-state index contributed by atoms with van der Waals surface area (Å²) >= 11 is 0. The van der Waals surface area contributed by atoms with E-state index < -0.39 is 5.97 Å². The maximum atomic E-state index is 11.9. The molecule has 0 unspecified atom stereocenters. The molecule has 0 saturated carbocycles. The Morgan fingerprint density at radius 3 is 2.64 bits per heavy atom. The lowest BCUT2D eigenvalue weighted by Gasteiger charge is -2.14. The molecule has 0 N–H and O–H groups in total. The van der Waals surface area contributed by atoms with E-state index in [0.29, 0.717) is 5.56 Å². The van der Waals surface area contributed by atoms with Crippen molar-refractivity contribution >= 4 is 11.8 Å². The Bertz CT molecular complexity index is 701. The topological polar surface area (TPSA) is 61.2 Å². The van der Waals surface area contributed by atoms with E-state index in [-0.39, 0.29) is 12.2 Å². The van der Waals surface area contributed by atoms with Crippen molar-refractivity contribution in [1.29, 1.82) is 0 Å². The summed E-state index contributed by atoms with van der Waals surface area (Å²) in [5.74, 6) is -0.746. The van der Waals surface area contributed by atoms with E-state index in [0.717, 1.165) is 18.5 Å². The first kappa shape index (κ1) is 14.5. The zero-order valence-corrected chi connectivity index (χ0v) is 12.5. The van der Waals surface area contributed by atoms with Gasteiger partial charge in [-0.2, -0.15) is 0 Å². The van der Waals surface area contributed by atoms with Crippen molar-refractivity contribution in [3.05, 3.63) is 47.5 Å². The molecule has 0 aliphatic heterocycles. The lowest BCUT2D eigenvalue weighted by Crippen LogP contribution is -2.10. The number of aryl methyl sites for hydroxylation is 1. The largest absolute Gasteiger partial charge is 0.469 e. The number of ether oxygens (including phenoxy) is 1. The average Bonchev–Trinajstić information content (AvgIpc) is 2.99. The van der Waals surface area contributed by atoms with E-state index in [1.807, 2.05) is 18.5 Å². The number of hydrogen-bond acceptors (Lipinski definition) is 4. The second kappa shape index (κ2) is 6.13. The third kappa shape index (κ3) is 2.79. The zero-order chi connectivity index (χ0) is 15.5. The Balaban J connectivity index is 1.81. The molecule has 1 aromatic heterocycles. The molecule has 0 spiro atoms. The predicted octanol–water partition coefficient (Wildman–Crippen LogP) is 2.50. The maximum absolute atomic E-state index is 11.9. The van der Waals surface area contributed by atoms with Gasteiger partial charge in [0.25, 0.3) is 0 Å². The van der Waals surface area contributed by atoms with Gasteiger partial charge in [0.05, 0.1) is 19.1 Å². The second-order valence-corrected chi connectivity index (χ2v) is 5.44. The quantitative estimate of drug-likeness (QED) is 0.494. The molecule has 0 radical (unpaired) electrons. The highest BCUT2D eigenvalue weighted by Gasteiger charge is 2.16. The van der Waals surface area contributed by atoms with Crippen LogP contribution in [0, 0.1) is 0 Å². The minimum Gasteiger partial charge on any atom is -0.469 e. The fourth-order valence-corrected chi connectivity index (χ4v) is 2.80. The third-order valence-electron chi connectivity index (χ3n) is 4.03. The summed E-state index contributed by atoms with van der Waals surface area (Å²) in [6.45, 7) is 0. The normalized spacial score (nSPS) is 13.5. The van der Waals surface area contributed by atoms with Crippen molar-refractivity contribution in [3.8, 4) is 5.69 Å². The number of Topliss-reactive ketones (excluding diaryl/α,β-unsaturated/α-hetero) is 1. The maximum Gasteiger partial charge on any atom is 0.313 e. The number of nitrogens with zero attached hydrogens (tertiary/aromatic N) is 2. The number of methoxy groups -OCH3 is 1. The van der Waals surface area contributed by atoms with E-state index >= 15 is 0 Å². The number of hydrogen-bond donors (Lipinski definition) is 0. The van der Waals surface area contributed by atoms with Crippen LogP contribution in [0.1, 0.15) is 41.0 Å². The van der Waals surface area contributed by atoms with E-state index in [9.17, 15) is 9.59 Å². The summed E-state index contributed by atoms with van der Waals surface area (Å²) in [4.78, 5) is 27.6. The van der Waals surface area contributed by atoms with Gasteiger partial charge in [-0.05, 0) is 49.9 Å². The van der Waals surface area contributed by atoms with Crippen LogP contribution in [0.3, 0.4) is 0 Å². The number of rotatable bonds is 4. The minimum absolute atomic E-state index is 0.226. The molecule has 22 heavy (non-hydrogen) atoms. The summed E-state index contributed by atoms with van der Waals surface area (Å²) in [6, 6.07) is 7.27. The number of carbonyl (C=O) groups is 2. The number of carbonyl (C=O) groups excluding carboxylic acids is 2. The number of benzene rings is 1.